The molecule has 1 aliphatic rings. The lowest BCUT2D eigenvalue weighted by molar-refractivity contribution is -0.135. The van der Waals surface area contributed by atoms with Gasteiger partial charge in [-0.3, -0.25) is 14.4 Å². The van der Waals surface area contributed by atoms with E-state index in [2.05, 4.69) is 10.6 Å². The van der Waals surface area contributed by atoms with Gasteiger partial charge in [0.2, 0.25) is 11.8 Å². The molecule has 152 valence electrons. The van der Waals surface area contributed by atoms with E-state index in [0.717, 1.165) is 16.0 Å². The van der Waals surface area contributed by atoms with E-state index in [0.29, 0.717) is 16.4 Å². The lowest BCUT2D eigenvalue weighted by atomic mass is 9.86. The van der Waals surface area contributed by atoms with Gasteiger partial charge >= 0.3 is 0 Å². The van der Waals surface area contributed by atoms with Crippen molar-refractivity contribution in [2.45, 2.75) is 18.9 Å². The molecule has 7 heteroatoms. The van der Waals surface area contributed by atoms with E-state index in [1.165, 1.54) is 11.3 Å². The molecule has 0 spiro atoms. The second kappa shape index (κ2) is 8.05. The van der Waals surface area contributed by atoms with Crippen LogP contribution < -0.4 is 10.6 Å². The summed E-state index contributed by atoms with van der Waals surface area (Å²) in [6, 6.07) is 20.4. The van der Waals surface area contributed by atoms with Crippen molar-refractivity contribution in [1.29, 1.82) is 0 Å². The molecule has 2 N–H and O–H groups in total. The smallest absolute Gasteiger partial charge is 0.245 e. The molecular formula is C23H19ClN2O3S. The Morgan fingerprint density at radius 1 is 1.07 bits per heavy atom. The second-order valence-corrected chi connectivity index (χ2v) is 8.96. The number of Topliss-reactive ketones (excluding diaryl/α,β-unsaturated/α-hetero) is 1. The maximum atomic E-state index is 13.0. The summed E-state index contributed by atoms with van der Waals surface area (Å²) in [5.74, 6) is -2.95. The highest BCUT2D eigenvalue weighted by Gasteiger charge is 2.52. The average Bonchev–Trinajstić information content (AvgIpc) is 3.25. The molecule has 4 rings (SSSR count). The fourth-order valence-corrected chi connectivity index (χ4v) is 4.63. The first-order valence-electron chi connectivity index (χ1n) is 9.43. The topological polar surface area (TPSA) is 75.3 Å². The zero-order valence-electron chi connectivity index (χ0n) is 16.1. The van der Waals surface area contributed by atoms with Crippen LogP contribution in [0.25, 0.3) is 10.4 Å². The summed E-state index contributed by atoms with van der Waals surface area (Å²) in [5, 5.41) is 6.66. The molecule has 0 bridgehead atoms. The van der Waals surface area contributed by atoms with Gasteiger partial charge < -0.3 is 10.6 Å². The molecule has 1 fully saturated rings. The third-order valence-electron chi connectivity index (χ3n) is 5.11. The lowest BCUT2D eigenvalue weighted by Gasteiger charge is -2.22. The second-order valence-electron chi connectivity index (χ2n) is 7.44. The highest BCUT2D eigenvalue weighted by atomic mass is 35.5. The van der Waals surface area contributed by atoms with Gasteiger partial charge in [-0.25, -0.2) is 0 Å². The summed E-state index contributed by atoms with van der Waals surface area (Å²) in [5.41, 5.74) is 0.778. The van der Waals surface area contributed by atoms with Crippen molar-refractivity contribution < 1.29 is 14.4 Å². The van der Waals surface area contributed by atoms with Crippen LogP contribution in [0.2, 0.25) is 5.02 Å². The highest BCUT2D eigenvalue weighted by molar-refractivity contribution is 7.19. The molecule has 1 aliphatic heterocycles. The normalized spacial score (nSPS) is 20.8. The van der Waals surface area contributed by atoms with Gasteiger partial charge in [-0.15, -0.1) is 11.3 Å². The molecule has 0 radical (unpaired) electrons. The molecule has 2 atom stereocenters. The SMILES string of the molecule is CC1(Cc2ccccc2)NC(=O)C(C(=O)Nc2ccc(-c3ccc(Cl)cc3)s2)C1=O. The van der Waals surface area contributed by atoms with Crippen LogP contribution in [0.5, 0.6) is 0 Å². The molecule has 2 unspecified atom stereocenters. The Bertz CT molecular complexity index is 1110. The molecular weight excluding hydrogens is 420 g/mol. The summed E-state index contributed by atoms with van der Waals surface area (Å²) >= 11 is 7.29. The first-order valence-corrected chi connectivity index (χ1v) is 10.6. The molecule has 1 saturated heterocycles. The quantitative estimate of drug-likeness (QED) is 0.582. The van der Waals surface area contributed by atoms with Crippen molar-refractivity contribution >= 4 is 45.5 Å². The van der Waals surface area contributed by atoms with Crippen LogP contribution in [0.1, 0.15) is 12.5 Å². The summed E-state index contributed by atoms with van der Waals surface area (Å²) < 4.78 is 0. The molecule has 0 saturated carbocycles. The zero-order valence-corrected chi connectivity index (χ0v) is 17.7. The third-order valence-corrected chi connectivity index (χ3v) is 6.41. The van der Waals surface area contributed by atoms with Crippen LogP contribution >= 0.6 is 22.9 Å². The molecule has 2 aromatic carbocycles. The van der Waals surface area contributed by atoms with Gasteiger partial charge in [0.05, 0.1) is 5.00 Å². The van der Waals surface area contributed by atoms with E-state index in [1.807, 2.05) is 48.5 Å². The van der Waals surface area contributed by atoms with Crippen molar-refractivity contribution in [3.63, 3.8) is 0 Å². The van der Waals surface area contributed by atoms with Gasteiger partial charge in [-0.1, -0.05) is 54.1 Å². The number of ketones is 1. The minimum atomic E-state index is -1.36. The molecule has 0 aliphatic carbocycles. The van der Waals surface area contributed by atoms with E-state index >= 15 is 0 Å². The number of carbonyl (C=O) groups is 3. The fraction of sp³-hybridized carbons (Fsp3) is 0.174. The predicted molar refractivity (Wildman–Crippen MR) is 119 cm³/mol. The van der Waals surface area contributed by atoms with Crippen LogP contribution in [0, 0.1) is 5.92 Å². The highest BCUT2D eigenvalue weighted by Crippen LogP contribution is 2.33. The lowest BCUT2D eigenvalue weighted by Crippen LogP contribution is -2.45. The summed E-state index contributed by atoms with van der Waals surface area (Å²) in [4.78, 5) is 39.2. The Hall–Kier alpha value is -2.96. The Morgan fingerprint density at radius 2 is 1.77 bits per heavy atom. The maximum Gasteiger partial charge on any atom is 0.245 e. The number of carbonyl (C=O) groups excluding carboxylic acids is 3. The van der Waals surface area contributed by atoms with Crippen LogP contribution in [0.3, 0.4) is 0 Å². The Labute approximate surface area is 183 Å². The number of amides is 2. The van der Waals surface area contributed by atoms with Crippen molar-refractivity contribution in [2.24, 2.45) is 5.92 Å². The van der Waals surface area contributed by atoms with Crippen molar-refractivity contribution in [1.82, 2.24) is 5.32 Å². The number of hydrogen-bond acceptors (Lipinski definition) is 4. The van der Waals surface area contributed by atoms with Gasteiger partial charge in [0.1, 0.15) is 5.54 Å². The zero-order chi connectivity index (χ0) is 21.3. The van der Waals surface area contributed by atoms with Crippen molar-refractivity contribution in [2.75, 3.05) is 5.32 Å². The van der Waals surface area contributed by atoms with E-state index in [-0.39, 0.29) is 0 Å². The van der Waals surface area contributed by atoms with Crippen LogP contribution in [-0.4, -0.2) is 23.1 Å². The van der Waals surface area contributed by atoms with Crippen molar-refractivity contribution in [3.05, 3.63) is 77.3 Å². The van der Waals surface area contributed by atoms with Gasteiger partial charge in [0.25, 0.3) is 0 Å². The monoisotopic (exact) mass is 438 g/mol. The van der Waals surface area contributed by atoms with E-state index in [4.69, 9.17) is 11.6 Å². The summed E-state index contributed by atoms with van der Waals surface area (Å²) in [6.07, 6.45) is 0.335. The summed E-state index contributed by atoms with van der Waals surface area (Å²) in [7, 11) is 0. The largest absolute Gasteiger partial charge is 0.342 e. The van der Waals surface area contributed by atoms with Gasteiger partial charge in [-0.2, -0.15) is 0 Å². The minimum Gasteiger partial charge on any atom is -0.342 e. The Balaban J connectivity index is 1.48. The Morgan fingerprint density at radius 3 is 2.47 bits per heavy atom. The first kappa shape index (κ1) is 20.3. The van der Waals surface area contributed by atoms with E-state index in [1.54, 1.807) is 25.1 Å². The Kier molecular flexibility index (Phi) is 5.45. The van der Waals surface area contributed by atoms with E-state index in [9.17, 15) is 14.4 Å². The third kappa shape index (κ3) is 4.01. The molecule has 3 aromatic rings. The number of anilines is 1. The van der Waals surface area contributed by atoms with Gasteiger partial charge in [0.15, 0.2) is 11.7 Å². The number of nitrogens with one attached hydrogen (secondary N) is 2. The number of benzene rings is 2. The molecule has 1 aromatic heterocycles. The van der Waals surface area contributed by atoms with Crippen LogP contribution in [-0.2, 0) is 20.8 Å². The van der Waals surface area contributed by atoms with Gasteiger partial charge in [0, 0.05) is 16.3 Å². The number of halogens is 1. The number of thiophene rings is 1. The van der Waals surface area contributed by atoms with Crippen LogP contribution in [0.4, 0.5) is 5.00 Å². The number of hydrogen-bond donors (Lipinski definition) is 2. The first-order chi connectivity index (χ1) is 14.4. The minimum absolute atomic E-state index is 0.335. The molecule has 5 nitrogen and oxygen atoms in total. The standard InChI is InChI=1S/C23H19ClN2O3S/c1-23(13-14-5-3-2-4-6-14)20(27)19(22(29)26-23)21(28)25-18-12-11-17(30-18)15-7-9-16(24)10-8-15/h2-12,19H,13H2,1H3,(H,25,28)(H,26,29). The molecule has 2 heterocycles. The average molecular weight is 439 g/mol. The molecule has 30 heavy (non-hydrogen) atoms. The number of rotatable bonds is 5. The van der Waals surface area contributed by atoms with Crippen molar-refractivity contribution in [3.8, 4) is 10.4 Å². The fourth-order valence-electron chi connectivity index (χ4n) is 3.58. The predicted octanol–water partition coefficient (Wildman–Crippen LogP) is 4.32. The maximum absolute atomic E-state index is 13.0. The van der Waals surface area contributed by atoms with E-state index < -0.39 is 29.1 Å². The van der Waals surface area contributed by atoms with Crippen LogP contribution in [0.15, 0.2) is 66.7 Å². The summed E-state index contributed by atoms with van der Waals surface area (Å²) in [6.45, 7) is 1.66. The van der Waals surface area contributed by atoms with Gasteiger partial charge in [-0.05, 0) is 42.3 Å². The molecule has 2 amide bonds.